The number of carbonyl (C=O) groups is 1. The second-order valence-corrected chi connectivity index (χ2v) is 5.29. The first-order valence-corrected chi connectivity index (χ1v) is 7.22. The summed E-state index contributed by atoms with van der Waals surface area (Å²) in [6.07, 6.45) is 7.12. The summed E-state index contributed by atoms with van der Waals surface area (Å²) in [5.74, 6) is 0.713. The molecule has 2 N–H and O–H groups in total. The van der Waals surface area contributed by atoms with Gasteiger partial charge in [-0.15, -0.1) is 0 Å². The molecule has 21 heavy (non-hydrogen) atoms. The van der Waals surface area contributed by atoms with Crippen LogP contribution in [-0.2, 0) is 0 Å². The molecule has 7 nitrogen and oxygen atoms in total. The number of hydrogen-bond acceptors (Lipinski definition) is 5. The van der Waals surface area contributed by atoms with E-state index in [1.807, 2.05) is 0 Å². The Kier molecular flexibility index (Phi) is 5.08. The fourth-order valence-electron chi connectivity index (χ4n) is 2.71. The molecule has 1 saturated carbocycles. The molecule has 0 saturated heterocycles. The number of aromatic nitrogens is 1. The van der Waals surface area contributed by atoms with E-state index in [2.05, 4.69) is 15.6 Å². The van der Waals surface area contributed by atoms with Crippen LogP contribution in [0, 0.1) is 16.0 Å². The highest BCUT2D eigenvalue weighted by Gasteiger charge is 2.19. The topological polar surface area (TPSA) is 97.2 Å². The molecular formula is C14H20N4O3. The molecule has 2 rings (SSSR count). The predicted octanol–water partition coefficient (Wildman–Crippen LogP) is 2.34. The minimum Gasteiger partial charge on any atom is -0.372 e. The summed E-state index contributed by atoms with van der Waals surface area (Å²) in [4.78, 5) is 26.3. The summed E-state index contributed by atoms with van der Waals surface area (Å²) >= 11 is 0. The zero-order chi connectivity index (χ0) is 15.2. The minimum atomic E-state index is -0.554. The van der Waals surface area contributed by atoms with E-state index >= 15 is 0 Å². The largest absolute Gasteiger partial charge is 0.372 e. The highest BCUT2D eigenvalue weighted by atomic mass is 16.6. The highest BCUT2D eigenvalue weighted by Crippen LogP contribution is 2.27. The molecular weight excluding hydrogens is 272 g/mol. The molecule has 1 amide bonds. The third kappa shape index (κ3) is 3.90. The summed E-state index contributed by atoms with van der Waals surface area (Å²) < 4.78 is 0. The molecule has 1 aliphatic rings. The average Bonchev–Trinajstić information content (AvgIpc) is 2.99. The Bertz CT molecular complexity index is 527. The van der Waals surface area contributed by atoms with E-state index in [4.69, 9.17) is 0 Å². The van der Waals surface area contributed by atoms with E-state index in [0.717, 1.165) is 12.6 Å². The lowest BCUT2D eigenvalue weighted by molar-refractivity contribution is -0.385. The van der Waals surface area contributed by atoms with Gasteiger partial charge in [0.25, 0.3) is 11.6 Å². The third-order valence-electron chi connectivity index (χ3n) is 3.88. The van der Waals surface area contributed by atoms with Gasteiger partial charge in [0.15, 0.2) is 0 Å². The van der Waals surface area contributed by atoms with Gasteiger partial charge < -0.3 is 10.6 Å². The highest BCUT2D eigenvalue weighted by molar-refractivity contribution is 5.99. The zero-order valence-electron chi connectivity index (χ0n) is 12.1. The lowest BCUT2D eigenvalue weighted by Crippen LogP contribution is -2.26. The number of nitrogens with zero attached hydrogens (tertiary/aromatic N) is 2. The third-order valence-corrected chi connectivity index (χ3v) is 3.88. The number of hydrogen-bond donors (Lipinski definition) is 2. The van der Waals surface area contributed by atoms with Crippen molar-refractivity contribution in [3.05, 3.63) is 27.9 Å². The molecule has 7 heteroatoms. The summed E-state index contributed by atoms with van der Waals surface area (Å²) in [5.41, 5.74) is 0.0214. The Morgan fingerprint density at radius 2 is 2.19 bits per heavy atom. The molecule has 0 spiro atoms. The van der Waals surface area contributed by atoms with E-state index in [1.54, 1.807) is 7.05 Å². The first-order chi connectivity index (χ1) is 10.1. The minimum absolute atomic E-state index is 0.185. The number of nitro groups is 1. The van der Waals surface area contributed by atoms with Crippen LogP contribution in [-0.4, -0.2) is 29.4 Å². The van der Waals surface area contributed by atoms with E-state index in [-0.39, 0.29) is 17.2 Å². The molecule has 1 aromatic heterocycles. The number of pyridine rings is 1. The van der Waals surface area contributed by atoms with Gasteiger partial charge in [0.2, 0.25) is 0 Å². The van der Waals surface area contributed by atoms with Gasteiger partial charge in [0, 0.05) is 19.7 Å². The summed E-state index contributed by atoms with van der Waals surface area (Å²) in [7, 11) is 1.63. The second-order valence-electron chi connectivity index (χ2n) is 5.29. The molecule has 1 heterocycles. The van der Waals surface area contributed by atoms with E-state index in [1.165, 1.54) is 31.7 Å². The van der Waals surface area contributed by atoms with Crippen molar-refractivity contribution in [1.29, 1.82) is 0 Å². The van der Waals surface area contributed by atoms with Gasteiger partial charge in [-0.25, -0.2) is 4.98 Å². The summed E-state index contributed by atoms with van der Waals surface area (Å²) in [5, 5.41) is 16.4. The van der Waals surface area contributed by atoms with Gasteiger partial charge in [-0.05, 0) is 12.3 Å². The fourth-order valence-corrected chi connectivity index (χ4v) is 2.71. The first-order valence-electron chi connectivity index (χ1n) is 7.22. The Labute approximate surface area is 123 Å². The smallest absolute Gasteiger partial charge is 0.288 e. The van der Waals surface area contributed by atoms with Crippen molar-refractivity contribution in [2.75, 3.05) is 18.9 Å². The van der Waals surface area contributed by atoms with Crippen LogP contribution < -0.4 is 10.6 Å². The van der Waals surface area contributed by atoms with Crippen molar-refractivity contribution in [3.8, 4) is 0 Å². The number of rotatable bonds is 6. The molecule has 1 fully saturated rings. The maximum Gasteiger partial charge on any atom is 0.288 e. The lowest BCUT2D eigenvalue weighted by atomic mass is 10.0. The Morgan fingerprint density at radius 3 is 2.81 bits per heavy atom. The molecule has 1 aliphatic carbocycles. The monoisotopic (exact) mass is 292 g/mol. The van der Waals surface area contributed by atoms with Crippen molar-refractivity contribution < 1.29 is 9.72 Å². The van der Waals surface area contributed by atoms with Crippen LogP contribution in [0.4, 0.5) is 11.5 Å². The molecule has 0 aromatic carbocycles. The average molecular weight is 292 g/mol. The van der Waals surface area contributed by atoms with Gasteiger partial charge in [-0.1, -0.05) is 25.7 Å². The molecule has 1 aromatic rings. The number of nitrogens with one attached hydrogen (secondary N) is 2. The Morgan fingerprint density at radius 1 is 1.48 bits per heavy atom. The molecule has 0 unspecified atom stereocenters. The van der Waals surface area contributed by atoms with E-state index in [9.17, 15) is 14.9 Å². The molecule has 0 aliphatic heterocycles. The van der Waals surface area contributed by atoms with Crippen molar-refractivity contribution in [2.45, 2.75) is 32.1 Å². The molecule has 0 atom stereocenters. The van der Waals surface area contributed by atoms with Crippen LogP contribution in [0.25, 0.3) is 0 Å². The van der Waals surface area contributed by atoms with Gasteiger partial charge in [0.05, 0.1) is 10.5 Å². The van der Waals surface area contributed by atoms with Crippen LogP contribution in [0.15, 0.2) is 12.3 Å². The van der Waals surface area contributed by atoms with E-state index in [0.29, 0.717) is 18.3 Å². The summed E-state index contributed by atoms with van der Waals surface area (Å²) in [6.45, 7) is 0.593. The van der Waals surface area contributed by atoms with Crippen molar-refractivity contribution in [1.82, 2.24) is 10.3 Å². The zero-order valence-corrected chi connectivity index (χ0v) is 12.1. The van der Waals surface area contributed by atoms with Crippen molar-refractivity contribution in [3.63, 3.8) is 0 Å². The van der Waals surface area contributed by atoms with Gasteiger partial charge in [-0.3, -0.25) is 14.9 Å². The maximum absolute atomic E-state index is 12.2. The van der Waals surface area contributed by atoms with Crippen LogP contribution in [0.1, 0.15) is 42.5 Å². The maximum atomic E-state index is 12.2. The number of amides is 1. The predicted molar refractivity (Wildman–Crippen MR) is 79.3 cm³/mol. The second kappa shape index (κ2) is 7.01. The first kappa shape index (κ1) is 15.2. The van der Waals surface area contributed by atoms with Gasteiger partial charge in [0.1, 0.15) is 12.0 Å². The SMILES string of the molecule is CNc1ncc([N+](=O)[O-])cc1C(=O)NCCC1CCCC1. The van der Waals surface area contributed by atoms with Gasteiger partial charge >= 0.3 is 0 Å². The standard InChI is InChI=1S/C14H20N4O3/c1-15-13-12(8-11(9-17-13)18(20)21)14(19)16-7-6-10-4-2-3-5-10/h8-10H,2-7H2,1H3,(H,15,17)(H,16,19). The molecule has 0 bridgehead atoms. The van der Waals surface area contributed by atoms with Crippen LogP contribution in [0.3, 0.4) is 0 Å². The van der Waals surface area contributed by atoms with Crippen LogP contribution >= 0.6 is 0 Å². The van der Waals surface area contributed by atoms with Gasteiger partial charge in [-0.2, -0.15) is 0 Å². The van der Waals surface area contributed by atoms with Crippen LogP contribution in [0.2, 0.25) is 0 Å². The normalized spacial score (nSPS) is 14.9. The Balaban J connectivity index is 1.99. The van der Waals surface area contributed by atoms with E-state index < -0.39 is 4.92 Å². The van der Waals surface area contributed by atoms with Crippen molar-refractivity contribution in [2.24, 2.45) is 5.92 Å². The number of carbonyl (C=O) groups excluding carboxylic acids is 1. The lowest BCUT2D eigenvalue weighted by Gasteiger charge is -2.11. The number of anilines is 1. The quantitative estimate of drug-likeness (QED) is 0.619. The van der Waals surface area contributed by atoms with Crippen LogP contribution in [0.5, 0.6) is 0 Å². The fraction of sp³-hybridized carbons (Fsp3) is 0.571. The summed E-state index contributed by atoms with van der Waals surface area (Å²) in [6, 6.07) is 1.25. The Hall–Kier alpha value is -2.18. The van der Waals surface area contributed by atoms with Crippen molar-refractivity contribution >= 4 is 17.4 Å². The molecule has 0 radical (unpaired) electrons. The molecule has 114 valence electrons.